The Kier molecular flexibility index (Phi) is 5.80. The van der Waals surface area contributed by atoms with Crippen LogP contribution in [0.1, 0.15) is 52.0 Å². The second-order valence-electron chi connectivity index (χ2n) is 8.22. The van der Waals surface area contributed by atoms with E-state index in [9.17, 15) is 4.79 Å². The number of benzene rings is 1. The molecule has 1 aromatic carbocycles. The molecule has 3 atom stereocenters. The number of nitrogens with one attached hydrogen (secondary N) is 1. The molecule has 2 aliphatic heterocycles. The van der Waals surface area contributed by atoms with E-state index in [0.29, 0.717) is 0 Å². The molecule has 0 bridgehead atoms. The van der Waals surface area contributed by atoms with Crippen molar-refractivity contribution in [1.29, 1.82) is 0 Å². The van der Waals surface area contributed by atoms with Crippen LogP contribution in [0.4, 0.5) is 0 Å². The molecule has 0 radical (unpaired) electrons. The summed E-state index contributed by atoms with van der Waals surface area (Å²) in [6.45, 7) is 9.28. The summed E-state index contributed by atoms with van der Waals surface area (Å²) < 4.78 is 5.78. The van der Waals surface area contributed by atoms with E-state index >= 15 is 0 Å². The lowest BCUT2D eigenvalue weighted by molar-refractivity contribution is -0.135. The second kappa shape index (κ2) is 7.88. The summed E-state index contributed by atoms with van der Waals surface area (Å²) in [5.74, 6) is 0.234. The molecule has 1 N–H and O–H groups in total. The predicted octanol–water partition coefficient (Wildman–Crippen LogP) is 3.36. The van der Waals surface area contributed by atoms with Gasteiger partial charge in [-0.15, -0.1) is 0 Å². The first kappa shape index (κ1) is 18.4. The fourth-order valence-electron chi connectivity index (χ4n) is 4.16. The lowest BCUT2D eigenvalue weighted by atomic mass is 9.79. The van der Waals surface area contributed by atoms with Crippen molar-refractivity contribution in [2.45, 2.75) is 71.2 Å². The summed E-state index contributed by atoms with van der Waals surface area (Å²) >= 11 is 0. The van der Waals surface area contributed by atoms with Gasteiger partial charge in [0.15, 0.2) is 0 Å². The molecule has 2 heterocycles. The molecule has 138 valence electrons. The van der Waals surface area contributed by atoms with Gasteiger partial charge in [0.25, 0.3) is 0 Å². The van der Waals surface area contributed by atoms with E-state index in [2.05, 4.69) is 61.3 Å². The predicted molar refractivity (Wildman–Crippen MR) is 100 cm³/mol. The van der Waals surface area contributed by atoms with Crippen LogP contribution in [0.25, 0.3) is 0 Å². The average molecular weight is 344 g/mol. The Labute approximate surface area is 151 Å². The van der Waals surface area contributed by atoms with E-state index in [0.717, 1.165) is 45.3 Å². The van der Waals surface area contributed by atoms with Crippen LogP contribution < -0.4 is 5.32 Å². The minimum absolute atomic E-state index is 0.231. The number of hydrogen-bond donors (Lipinski definition) is 1. The van der Waals surface area contributed by atoms with Crippen molar-refractivity contribution in [3.8, 4) is 0 Å². The van der Waals surface area contributed by atoms with Gasteiger partial charge >= 0.3 is 0 Å². The van der Waals surface area contributed by atoms with Crippen LogP contribution >= 0.6 is 0 Å². The highest BCUT2D eigenvalue weighted by Crippen LogP contribution is 2.32. The quantitative estimate of drug-likeness (QED) is 0.911. The van der Waals surface area contributed by atoms with Gasteiger partial charge in [-0.25, -0.2) is 0 Å². The SMILES string of the molecule is C[C@@H]1CC(NC(=O)C2(C)CCN(Cc3ccccc3)CC2)C[C@H](C)O1. The third kappa shape index (κ3) is 4.83. The van der Waals surface area contributed by atoms with Crippen molar-refractivity contribution < 1.29 is 9.53 Å². The Hall–Kier alpha value is -1.39. The molecule has 0 aliphatic carbocycles. The highest BCUT2D eigenvalue weighted by atomic mass is 16.5. The Morgan fingerprint density at radius 3 is 2.36 bits per heavy atom. The van der Waals surface area contributed by atoms with Crippen molar-refractivity contribution in [2.75, 3.05) is 13.1 Å². The third-order valence-electron chi connectivity index (χ3n) is 5.79. The molecule has 4 nitrogen and oxygen atoms in total. The average Bonchev–Trinajstić information content (AvgIpc) is 2.57. The Morgan fingerprint density at radius 2 is 1.76 bits per heavy atom. The molecule has 1 amide bonds. The minimum Gasteiger partial charge on any atom is -0.375 e. The maximum atomic E-state index is 12.9. The monoisotopic (exact) mass is 344 g/mol. The third-order valence-corrected chi connectivity index (χ3v) is 5.79. The van der Waals surface area contributed by atoms with Crippen molar-refractivity contribution in [2.24, 2.45) is 5.41 Å². The van der Waals surface area contributed by atoms with E-state index in [4.69, 9.17) is 4.74 Å². The lowest BCUT2D eigenvalue weighted by Gasteiger charge is -2.40. The Bertz CT molecular complexity index is 557. The molecule has 0 spiro atoms. The van der Waals surface area contributed by atoms with Gasteiger partial charge in [-0.2, -0.15) is 0 Å². The first-order valence-corrected chi connectivity index (χ1v) is 9.67. The molecule has 2 saturated heterocycles. The number of nitrogens with zero attached hydrogens (tertiary/aromatic N) is 1. The van der Waals surface area contributed by atoms with Gasteiger partial charge in [0.05, 0.1) is 12.2 Å². The van der Waals surface area contributed by atoms with Crippen molar-refractivity contribution in [1.82, 2.24) is 10.2 Å². The lowest BCUT2D eigenvalue weighted by Crippen LogP contribution is -2.52. The van der Waals surface area contributed by atoms with E-state index < -0.39 is 0 Å². The molecule has 0 aromatic heterocycles. The Morgan fingerprint density at radius 1 is 1.16 bits per heavy atom. The highest BCUT2D eigenvalue weighted by Gasteiger charge is 2.38. The summed E-state index contributed by atoms with van der Waals surface area (Å²) in [5, 5.41) is 3.32. The molecule has 1 aromatic rings. The number of carbonyl (C=O) groups excluding carboxylic acids is 1. The summed E-state index contributed by atoms with van der Waals surface area (Å²) in [5.41, 5.74) is 1.11. The maximum absolute atomic E-state index is 12.9. The molecule has 2 aliphatic rings. The molecule has 2 fully saturated rings. The van der Waals surface area contributed by atoms with Crippen LogP contribution in [0.3, 0.4) is 0 Å². The number of rotatable bonds is 4. The smallest absolute Gasteiger partial charge is 0.226 e. The highest BCUT2D eigenvalue weighted by molar-refractivity contribution is 5.82. The zero-order valence-corrected chi connectivity index (χ0v) is 15.8. The molecular weight excluding hydrogens is 312 g/mol. The van der Waals surface area contributed by atoms with Crippen molar-refractivity contribution >= 4 is 5.91 Å². The van der Waals surface area contributed by atoms with Crippen molar-refractivity contribution in [3.63, 3.8) is 0 Å². The molecule has 1 unspecified atom stereocenters. The second-order valence-corrected chi connectivity index (χ2v) is 8.22. The molecule has 0 saturated carbocycles. The first-order chi connectivity index (χ1) is 11.9. The minimum atomic E-state index is -0.238. The number of amides is 1. The normalized spacial score (nSPS) is 30.0. The van der Waals surface area contributed by atoms with Gasteiger partial charge < -0.3 is 10.1 Å². The number of ether oxygens (including phenoxy) is 1. The van der Waals surface area contributed by atoms with E-state index in [1.54, 1.807) is 0 Å². The summed E-state index contributed by atoms with van der Waals surface area (Å²) in [4.78, 5) is 15.4. The molecule has 3 rings (SSSR count). The van der Waals surface area contributed by atoms with Gasteiger partial charge in [0, 0.05) is 18.0 Å². The number of carbonyl (C=O) groups is 1. The van der Waals surface area contributed by atoms with Crippen LogP contribution in [0.15, 0.2) is 30.3 Å². The summed E-state index contributed by atoms with van der Waals surface area (Å²) in [6.07, 6.45) is 4.17. The van der Waals surface area contributed by atoms with Crippen molar-refractivity contribution in [3.05, 3.63) is 35.9 Å². The molecular formula is C21H32N2O2. The van der Waals surface area contributed by atoms with Crippen LogP contribution in [0, 0.1) is 5.41 Å². The summed E-state index contributed by atoms with van der Waals surface area (Å²) in [6, 6.07) is 10.8. The van der Waals surface area contributed by atoms with Crippen LogP contribution in [0.2, 0.25) is 0 Å². The number of hydrogen-bond acceptors (Lipinski definition) is 3. The first-order valence-electron chi connectivity index (χ1n) is 9.67. The Balaban J connectivity index is 1.50. The number of piperidine rings is 1. The fourth-order valence-corrected chi connectivity index (χ4v) is 4.16. The molecule has 25 heavy (non-hydrogen) atoms. The summed E-state index contributed by atoms with van der Waals surface area (Å²) in [7, 11) is 0. The van der Waals surface area contributed by atoms with Gasteiger partial charge in [-0.05, 0) is 58.2 Å². The zero-order chi connectivity index (χ0) is 17.9. The van der Waals surface area contributed by atoms with Gasteiger partial charge in [0.2, 0.25) is 5.91 Å². The van der Waals surface area contributed by atoms with Gasteiger partial charge in [-0.1, -0.05) is 37.3 Å². The largest absolute Gasteiger partial charge is 0.375 e. The molecule has 4 heteroatoms. The maximum Gasteiger partial charge on any atom is 0.226 e. The standard InChI is InChI=1S/C21H32N2O2/c1-16-13-19(14-17(2)25-16)22-20(24)21(3)9-11-23(12-10-21)15-18-7-5-4-6-8-18/h4-8,16-17,19H,9-15H2,1-3H3,(H,22,24)/t16-,17+,19?. The van der Waals surface area contributed by atoms with E-state index in [-0.39, 0.29) is 29.6 Å². The van der Waals surface area contributed by atoms with Crippen LogP contribution in [0.5, 0.6) is 0 Å². The fraction of sp³-hybridized carbons (Fsp3) is 0.667. The van der Waals surface area contributed by atoms with E-state index in [1.165, 1.54) is 5.56 Å². The van der Waals surface area contributed by atoms with E-state index in [1.807, 2.05) is 0 Å². The van der Waals surface area contributed by atoms with Gasteiger partial charge in [-0.3, -0.25) is 9.69 Å². The van der Waals surface area contributed by atoms with Crippen LogP contribution in [-0.2, 0) is 16.1 Å². The van der Waals surface area contributed by atoms with Gasteiger partial charge in [0.1, 0.15) is 0 Å². The number of likely N-dealkylation sites (tertiary alicyclic amines) is 1. The zero-order valence-electron chi connectivity index (χ0n) is 15.8. The topological polar surface area (TPSA) is 41.6 Å². The van der Waals surface area contributed by atoms with Crippen LogP contribution in [-0.4, -0.2) is 42.1 Å².